The number of aryl methyl sites for hydroxylation is 1. The first-order valence-electron chi connectivity index (χ1n) is 13.1. The van der Waals surface area contributed by atoms with Crippen LogP contribution >= 0.6 is 0 Å². The second kappa shape index (κ2) is 12.4. The summed E-state index contributed by atoms with van der Waals surface area (Å²) in [6.45, 7) is 7.32. The molecule has 1 atom stereocenters. The summed E-state index contributed by atoms with van der Waals surface area (Å²) in [5.41, 5.74) is 3.25. The minimum Gasteiger partial charge on any atom is -0.497 e. The Morgan fingerprint density at radius 2 is 1.77 bits per heavy atom. The van der Waals surface area contributed by atoms with Crippen molar-refractivity contribution in [1.29, 1.82) is 0 Å². The number of nitrogens with zero attached hydrogens (tertiary/aromatic N) is 2. The summed E-state index contributed by atoms with van der Waals surface area (Å²) in [5.74, 6) is 2.45. The van der Waals surface area contributed by atoms with E-state index in [1.54, 1.807) is 13.2 Å². The van der Waals surface area contributed by atoms with E-state index in [9.17, 15) is 9.90 Å². The molecule has 4 rings (SSSR count). The summed E-state index contributed by atoms with van der Waals surface area (Å²) >= 11 is 0. The van der Waals surface area contributed by atoms with Crippen molar-refractivity contribution in [2.75, 3.05) is 46.4 Å². The average Bonchev–Trinajstić information content (AvgIpc) is 2.91. The second-order valence-electron chi connectivity index (χ2n) is 10.2. The first-order chi connectivity index (χ1) is 17.1. The standard InChI is InChI=1S/C30H40N2O3/c1-23-4-3-5-27(20-23)30(34)14-19-31-15-10-26(11-16-31)28(22-33)21-32-17-12-25(13-18-32)24-6-8-29(35-2)9-7-24/h3-9,14,19-20,25-26,28,33H,10-13,15-18,21-22H2,1-2H3. The molecule has 1 N–H and O–H groups in total. The van der Waals surface area contributed by atoms with Crippen LogP contribution in [0.2, 0.25) is 0 Å². The van der Waals surface area contributed by atoms with Gasteiger partial charge in [0.2, 0.25) is 0 Å². The number of likely N-dealkylation sites (tertiary alicyclic amines) is 2. The Hall–Kier alpha value is -2.63. The predicted molar refractivity (Wildman–Crippen MR) is 141 cm³/mol. The molecular weight excluding hydrogens is 436 g/mol. The molecule has 0 radical (unpaired) electrons. The number of hydrogen-bond donors (Lipinski definition) is 1. The van der Waals surface area contributed by atoms with Gasteiger partial charge >= 0.3 is 0 Å². The molecule has 2 heterocycles. The lowest BCUT2D eigenvalue weighted by atomic mass is 9.83. The minimum absolute atomic E-state index is 0.0575. The zero-order chi connectivity index (χ0) is 24.6. The topological polar surface area (TPSA) is 53.0 Å². The third-order valence-corrected chi connectivity index (χ3v) is 7.88. The van der Waals surface area contributed by atoms with E-state index in [1.165, 1.54) is 18.4 Å². The molecule has 2 saturated heterocycles. The van der Waals surface area contributed by atoms with E-state index in [0.717, 1.165) is 62.4 Å². The van der Waals surface area contributed by atoms with Gasteiger partial charge in [-0.1, -0.05) is 35.9 Å². The van der Waals surface area contributed by atoms with Crippen molar-refractivity contribution >= 4 is 5.78 Å². The van der Waals surface area contributed by atoms with Crippen LogP contribution in [0.1, 0.15) is 53.1 Å². The number of hydrogen-bond acceptors (Lipinski definition) is 5. The Bertz CT molecular complexity index is 971. The van der Waals surface area contributed by atoms with Crippen LogP contribution in [0.3, 0.4) is 0 Å². The fourth-order valence-corrected chi connectivity index (χ4v) is 5.62. The van der Waals surface area contributed by atoms with Gasteiger partial charge in [0.15, 0.2) is 5.78 Å². The molecule has 2 fully saturated rings. The van der Waals surface area contributed by atoms with Gasteiger partial charge in [-0.3, -0.25) is 4.79 Å². The molecule has 0 saturated carbocycles. The summed E-state index contributed by atoms with van der Waals surface area (Å²) in [7, 11) is 1.71. The van der Waals surface area contributed by atoms with Crippen molar-refractivity contribution in [3.8, 4) is 5.75 Å². The summed E-state index contributed by atoms with van der Waals surface area (Å²) < 4.78 is 5.29. The van der Waals surface area contributed by atoms with Crippen molar-refractivity contribution in [2.24, 2.45) is 11.8 Å². The SMILES string of the molecule is COc1ccc(C2CCN(CC(CO)C3CCN(C=CC(=O)c4cccc(C)c4)CC3)CC2)cc1. The average molecular weight is 477 g/mol. The highest BCUT2D eigenvalue weighted by Gasteiger charge is 2.29. The maximum atomic E-state index is 12.5. The lowest BCUT2D eigenvalue weighted by molar-refractivity contribution is 0.0796. The number of methoxy groups -OCH3 is 1. The van der Waals surface area contributed by atoms with E-state index >= 15 is 0 Å². The Morgan fingerprint density at radius 1 is 1.06 bits per heavy atom. The number of aliphatic hydroxyl groups excluding tert-OH is 1. The van der Waals surface area contributed by atoms with Crippen LogP contribution in [0, 0.1) is 18.8 Å². The highest BCUT2D eigenvalue weighted by atomic mass is 16.5. The van der Waals surface area contributed by atoms with Crippen molar-refractivity contribution in [1.82, 2.24) is 9.80 Å². The van der Waals surface area contributed by atoms with Crippen LogP contribution < -0.4 is 4.74 Å². The van der Waals surface area contributed by atoms with Crippen LogP contribution in [0.5, 0.6) is 5.75 Å². The first kappa shape index (κ1) is 25.5. The lowest BCUT2D eigenvalue weighted by Gasteiger charge is -2.39. The highest BCUT2D eigenvalue weighted by Crippen LogP contribution is 2.31. The number of rotatable bonds is 9. The number of benzene rings is 2. The van der Waals surface area contributed by atoms with Gasteiger partial charge in [-0.05, 0) is 87.2 Å². The van der Waals surface area contributed by atoms with Crippen LogP contribution in [0.4, 0.5) is 0 Å². The molecule has 0 spiro atoms. The Labute approximate surface area is 210 Å². The molecule has 0 aromatic heterocycles. The number of aliphatic hydroxyl groups is 1. The van der Waals surface area contributed by atoms with E-state index in [1.807, 2.05) is 37.4 Å². The highest BCUT2D eigenvalue weighted by molar-refractivity contribution is 6.04. The number of piperidine rings is 2. The van der Waals surface area contributed by atoms with Gasteiger partial charge in [0.25, 0.3) is 0 Å². The van der Waals surface area contributed by atoms with Crippen molar-refractivity contribution in [2.45, 2.75) is 38.5 Å². The van der Waals surface area contributed by atoms with Crippen LogP contribution in [0.25, 0.3) is 0 Å². The maximum Gasteiger partial charge on any atom is 0.187 e. The number of ketones is 1. The zero-order valence-corrected chi connectivity index (χ0v) is 21.2. The van der Waals surface area contributed by atoms with E-state index in [0.29, 0.717) is 17.8 Å². The molecule has 5 nitrogen and oxygen atoms in total. The van der Waals surface area contributed by atoms with E-state index in [4.69, 9.17) is 4.74 Å². The fraction of sp³-hybridized carbons (Fsp3) is 0.500. The van der Waals surface area contributed by atoms with Crippen LogP contribution in [0.15, 0.2) is 60.8 Å². The third kappa shape index (κ3) is 6.96. The second-order valence-corrected chi connectivity index (χ2v) is 10.2. The van der Waals surface area contributed by atoms with Crippen molar-refractivity contribution < 1.29 is 14.6 Å². The quantitative estimate of drug-likeness (QED) is 0.412. The predicted octanol–water partition coefficient (Wildman–Crippen LogP) is 4.90. The van der Waals surface area contributed by atoms with Gasteiger partial charge in [0.1, 0.15) is 5.75 Å². The maximum absolute atomic E-state index is 12.5. The first-order valence-corrected chi connectivity index (χ1v) is 13.1. The van der Waals surface area contributed by atoms with Gasteiger partial charge in [0.05, 0.1) is 7.11 Å². The molecule has 5 heteroatoms. The monoisotopic (exact) mass is 476 g/mol. The van der Waals surface area contributed by atoms with Crippen molar-refractivity contribution in [3.63, 3.8) is 0 Å². The Balaban J connectivity index is 1.21. The molecule has 1 unspecified atom stereocenters. The summed E-state index contributed by atoms with van der Waals surface area (Å²) in [6, 6.07) is 16.3. The lowest BCUT2D eigenvalue weighted by Crippen LogP contribution is -2.42. The fourth-order valence-electron chi connectivity index (χ4n) is 5.62. The summed E-state index contributed by atoms with van der Waals surface area (Å²) in [5, 5.41) is 10.2. The molecule has 2 aliphatic heterocycles. The largest absolute Gasteiger partial charge is 0.497 e. The number of ether oxygens (including phenoxy) is 1. The zero-order valence-electron chi connectivity index (χ0n) is 21.2. The van der Waals surface area contributed by atoms with Gasteiger partial charge < -0.3 is 19.6 Å². The molecular formula is C30H40N2O3. The van der Waals surface area contributed by atoms with E-state index in [-0.39, 0.29) is 12.4 Å². The third-order valence-electron chi connectivity index (χ3n) is 7.88. The molecule has 188 valence electrons. The van der Waals surface area contributed by atoms with Gasteiger partial charge in [-0.15, -0.1) is 0 Å². The van der Waals surface area contributed by atoms with Gasteiger partial charge in [0, 0.05) is 44.1 Å². The Morgan fingerprint density at radius 3 is 2.40 bits per heavy atom. The molecule has 0 amide bonds. The molecule has 0 aliphatic carbocycles. The number of carbonyl (C=O) groups is 1. The summed E-state index contributed by atoms with van der Waals surface area (Å²) in [4.78, 5) is 17.3. The molecule has 2 aromatic carbocycles. The summed E-state index contributed by atoms with van der Waals surface area (Å²) in [6.07, 6.45) is 8.13. The molecule has 0 bridgehead atoms. The van der Waals surface area contributed by atoms with Crippen molar-refractivity contribution in [3.05, 3.63) is 77.5 Å². The molecule has 2 aliphatic rings. The number of allylic oxidation sites excluding steroid dienone is 1. The normalized spacial score (nSPS) is 19.2. The Kier molecular flexibility index (Phi) is 9.00. The van der Waals surface area contributed by atoms with E-state index in [2.05, 4.69) is 34.1 Å². The van der Waals surface area contributed by atoms with E-state index < -0.39 is 0 Å². The molecule has 2 aromatic rings. The van der Waals surface area contributed by atoms with Gasteiger partial charge in [-0.2, -0.15) is 0 Å². The van der Waals surface area contributed by atoms with Crippen LogP contribution in [-0.4, -0.2) is 67.1 Å². The van der Waals surface area contributed by atoms with Crippen LogP contribution in [-0.2, 0) is 0 Å². The molecule has 35 heavy (non-hydrogen) atoms. The number of carbonyl (C=O) groups excluding carboxylic acids is 1. The van der Waals surface area contributed by atoms with Gasteiger partial charge in [-0.25, -0.2) is 0 Å². The minimum atomic E-state index is 0.0575. The smallest absolute Gasteiger partial charge is 0.187 e.